The maximum Gasteiger partial charge on any atom is 0.113 e. The summed E-state index contributed by atoms with van der Waals surface area (Å²) in [7, 11) is 2.26. The van der Waals surface area contributed by atoms with Crippen molar-refractivity contribution in [2.45, 2.75) is 37.8 Å². The molecule has 3 nitrogen and oxygen atoms in total. The molecule has 1 fully saturated rings. The summed E-state index contributed by atoms with van der Waals surface area (Å²) in [5.74, 6) is 2.02. The molecule has 0 radical (unpaired) electrons. The van der Waals surface area contributed by atoms with Gasteiger partial charge in [0, 0.05) is 30.9 Å². The lowest BCUT2D eigenvalue weighted by molar-refractivity contribution is 0.125. The van der Waals surface area contributed by atoms with Crippen LogP contribution in [0.2, 0.25) is 0 Å². The molecule has 3 rings (SSSR count). The summed E-state index contributed by atoms with van der Waals surface area (Å²) >= 11 is 0. The number of fused-ring (bicyclic) bond motifs is 3. The van der Waals surface area contributed by atoms with Gasteiger partial charge in [0.05, 0.1) is 0 Å². The van der Waals surface area contributed by atoms with Gasteiger partial charge in [0.15, 0.2) is 0 Å². The summed E-state index contributed by atoms with van der Waals surface area (Å²) in [5.41, 5.74) is 0. The van der Waals surface area contributed by atoms with E-state index in [1.165, 1.54) is 31.6 Å². The van der Waals surface area contributed by atoms with Crippen LogP contribution in [0.5, 0.6) is 0 Å². The van der Waals surface area contributed by atoms with Gasteiger partial charge in [-0.05, 0) is 32.9 Å². The second kappa shape index (κ2) is 3.09. The minimum absolute atomic E-state index is 0.692. The summed E-state index contributed by atoms with van der Waals surface area (Å²) in [6.07, 6.45) is 8.02. The average Bonchev–Trinajstić information content (AvgIpc) is 2.66. The lowest BCUT2D eigenvalue weighted by Gasteiger charge is -2.42. The van der Waals surface area contributed by atoms with Crippen LogP contribution in [-0.2, 0) is 6.54 Å². The maximum absolute atomic E-state index is 4.51. The molecule has 2 aliphatic rings. The third-order valence-corrected chi connectivity index (χ3v) is 3.80. The molecule has 76 valence electrons. The average molecular weight is 191 g/mol. The van der Waals surface area contributed by atoms with Gasteiger partial charge in [-0.15, -0.1) is 0 Å². The van der Waals surface area contributed by atoms with Crippen molar-refractivity contribution in [1.82, 2.24) is 14.5 Å². The molecule has 0 amide bonds. The van der Waals surface area contributed by atoms with Crippen LogP contribution in [0.3, 0.4) is 0 Å². The molecule has 2 atom stereocenters. The molecule has 0 saturated carbocycles. The van der Waals surface area contributed by atoms with E-state index in [0.29, 0.717) is 5.92 Å². The van der Waals surface area contributed by atoms with E-state index >= 15 is 0 Å². The molecule has 0 spiro atoms. The molecular weight excluding hydrogens is 174 g/mol. The number of likely N-dealkylation sites (N-methyl/N-ethyl adjacent to an activating group) is 1. The van der Waals surface area contributed by atoms with Gasteiger partial charge in [0.25, 0.3) is 0 Å². The van der Waals surface area contributed by atoms with E-state index in [-0.39, 0.29) is 0 Å². The highest BCUT2D eigenvalue weighted by Gasteiger charge is 2.35. The Balaban J connectivity index is 1.96. The number of piperidine rings is 1. The van der Waals surface area contributed by atoms with Crippen LogP contribution in [0.15, 0.2) is 12.4 Å². The van der Waals surface area contributed by atoms with Gasteiger partial charge in [-0.1, -0.05) is 0 Å². The summed E-state index contributed by atoms with van der Waals surface area (Å²) in [6, 6.07) is 0.749. The van der Waals surface area contributed by atoms with Gasteiger partial charge in [0.2, 0.25) is 0 Å². The summed E-state index contributed by atoms with van der Waals surface area (Å²) in [6.45, 7) is 2.42. The quantitative estimate of drug-likeness (QED) is 0.619. The van der Waals surface area contributed by atoms with Crippen molar-refractivity contribution < 1.29 is 0 Å². The van der Waals surface area contributed by atoms with Crippen molar-refractivity contribution in [3.05, 3.63) is 18.2 Å². The van der Waals surface area contributed by atoms with E-state index in [2.05, 4.69) is 27.7 Å². The zero-order valence-electron chi connectivity index (χ0n) is 8.69. The van der Waals surface area contributed by atoms with Gasteiger partial charge < -0.3 is 9.47 Å². The third kappa shape index (κ3) is 1.12. The molecule has 2 unspecified atom stereocenters. The zero-order chi connectivity index (χ0) is 9.54. The van der Waals surface area contributed by atoms with Crippen LogP contribution < -0.4 is 0 Å². The second-order valence-corrected chi connectivity index (χ2v) is 4.56. The van der Waals surface area contributed by atoms with Gasteiger partial charge >= 0.3 is 0 Å². The molecule has 0 aliphatic carbocycles. The van der Waals surface area contributed by atoms with Crippen molar-refractivity contribution in [3.8, 4) is 0 Å². The molecule has 1 saturated heterocycles. The Bertz CT molecular complexity index is 331. The summed E-state index contributed by atoms with van der Waals surface area (Å²) in [5, 5.41) is 0. The Morgan fingerprint density at radius 2 is 2.29 bits per heavy atom. The largest absolute Gasteiger partial charge is 0.335 e. The Morgan fingerprint density at radius 1 is 1.36 bits per heavy atom. The van der Waals surface area contributed by atoms with Gasteiger partial charge in [0.1, 0.15) is 5.82 Å². The van der Waals surface area contributed by atoms with Crippen LogP contribution in [0, 0.1) is 0 Å². The Hall–Kier alpha value is -0.830. The first kappa shape index (κ1) is 8.48. The fraction of sp³-hybridized carbons (Fsp3) is 0.727. The molecule has 2 aliphatic heterocycles. The Labute approximate surface area is 84.7 Å². The van der Waals surface area contributed by atoms with Gasteiger partial charge in [-0.3, -0.25) is 0 Å². The summed E-state index contributed by atoms with van der Waals surface area (Å²) in [4.78, 5) is 7.03. The molecule has 3 heterocycles. The maximum atomic E-state index is 4.51. The molecule has 1 aromatic heterocycles. The first-order chi connectivity index (χ1) is 6.86. The number of hydrogen-bond acceptors (Lipinski definition) is 2. The fourth-order valence-electron chi connectivity index (χ4n) is 3.06. The number of likely N-dealkylation sites (tertiary alicyclic amines) is 1. The second-order valence-electron chi connectivity index (χ2n) is 4.56. The SMILES string of the molecule is CN1CCCC2c3nccn3CCC21. The van der Waals surface area contributed by atoms with Crippen LogP contribution in [0.4, 0.5) is 0 Å². The molecule has 3 heteroatoms. The molecule has 14 heavy (non-hydrogen) atoms. The molecular formula is C11H17N3. The normalized spacial score (nSPS) is 32.4. The smallest absolute Gasteiger partial charge is 0.113 e. The summed E-state index contributed by atoms with van der Waals surface area (Å²) < 4.78 is 2.33. The molecule has 1 aromatic rings. The minimum Gasteiger partial charge on any atom is -0.335 e. The Kier molecular flexibility index (Phi) is 1.87. The van der Waals surface area contributed by atoms with Crippen molar-refractivity contribution in [2.24, 2.45) is 0 Å². The van der Waals surface area contributed by atoms with Crippen molar-refractivity contribution in [3.63, 3.8) is 0 Å². The van der Waals surface area contributed by atoms with Crippen molar-refractivity contribution >= 4 is 0 Å². The van der Waals surface area contributed by atoms with Crippen LogP contribution in [0.1, 0.15) is 31.0 Å². The van der Waals surface area contributed by atoms with Gasteiger partial charge in [-0.25, -0.2) is 4.98 Å². The predicted molar refractivity (Wildman–Crippen MR) is 55.2 cm³/mol. The predicted octanol–water partition coefficient (Wildman–Crippen LogP) is 1.46. The first-order valence-corrected chi connectivity index (χ1v) is 5.57. The monoisotopic (exact) mass is 191 g/mol. The highest BCUT2D eigenvalue weighted by Crippen LogP contribution is 2.36. The van der Waals surface area contributed by atoms with Crippen molar-refractivity contribution in [1.29, 1.82) is 0 Å². The number of aromatic nitrogens is 2. The topological polar surface area (TPSA) is 21.1 Å². The minimum atomic E-state index is 0.692. The number of nitrogens with zero attached hydrogens (tertiary/aromatic N) is 3. The molecule has 0 bridgehead atoms. The van der Waals surface area contributed by atoms with E-state index in [9.17, 15) is 0 Å². The standard InChI is InChI=1S/C11H17N3/c1-13-6-2-3-9-10(13)4-7-14-8-5-12-11(9)14/h5,8-10H,2-4,6-7H2,1H3. The van der Waals surface area contributed by atoms with E-state index in [1.807, 2.05) is 6.20 Å². The van der Waals surface area contributed by atoms with E-state index in [0.717, 1.165) is 12.6 Å². The number of aryl methyl sites for hydroxylation is 1. The van der Waals surface area contributed by atoms with Crippen LogP contribution in [-0.4, -0.2) is 34.1 Å². The van der Waals surface area contributed by atoms with E-state index < -0.39 is 0 Å². The lowest BCUT2D eigenvalue weighted by atomic mass is 9.84. The van der Waals surface area contributed by atoms with E-state index in [4.69, 9.17) is 0 Å². The molecule has 0 N–H and O–H groups in total. The third-order valence-electron chi connectivity index (χ3n) is 3.80. The Morgan fingerprint density at radius 3 is 3.21 bits per heavy atom. The van der Waals surface area contributed by atoms with E-state index in [1.54, 1.807) is 0 Å². The highest BCUT2D eigenvalue weighted by molar-refractivity contribution is 5.09. The highest BCUT2D eigenvalue weighted by atomic mass is 15.2. The zero-order valence-corrected chi connectivity index (χ0v) is 8.69. The fourth-order valence-corrected chi connectivity index (χ4v) is 3.06. The van der Waals surface area contributed by atoms with Crippen molar-refractivity contribution in [2.75, 3.05) is 13.6 Å². The lowest BCUT2D eigenvalue weighted by Crippen LogP contribution is -2.45. The molecule has 0 aromatic carbocycles. The van der Waals surface area contributed by atoms with Gasteiger partial charge in [-0.2, -0.15) is 0 Å². The first-order valence-electron chi connectivity index (χ1n) is 5.57. The van der Waals surface area contributed by atoms with Crippen LogP contribution in [0.25, 0.3) is 0 Å². The number of hydrogen-bond donors (Lipinski definition) is 0. The number of rotatable bonds is 0. The van der Waals surface area contributed by atoms with Crippen LogP contribution >= 0.6 is 0 Å². The number of imidazole rings is 1.